The lowest BCUT2D eigenvalue weighted by Crippen LogP contribution is -2.26. The van der Waals surface area contributed by atoms with Crippen molar-refractivity contribution in [3.05, 3.63) is 89.4 Å². The van der Waals surface area contributed by atoms with Crippen molar-refractivity contribution in [2.24, 2.45) is 0 Å². The quantitative estimate of drug-likeness (QED) is 0.583. The summed E-state index contributed by atoms with van der Waals surface area (Å²) < 4.78 is 18.7. The summed E-state index contributed by atoms with van der Waals surface area (Å²) in [5, 5.41) is 2.73. The molecule has 1 aliphatic rings. The van der Waals surface area contributed by atoms with E-state index in [1.807, 2.05) is 24.3 Å². The lowest BCUT2D eigenvalue weighted by atomic mass is 9.98. The van der Waals surface area contributed by atoms with Crippen molar-refractivity contribution in [3.63, 3.8) is 0 Å². The number of fused-ring (bicyclic) bond motifs is 3. The average molecular weight is 403 g/mol. The van der Waals surface area contributed by atoms with E-state index < -0.39 is 11.9 Å². The monoisotopic (exact) mass is 403 g/mol. The zero-order chi connectivity index (χ0) is 20.9. The fraction of sp³-hybridized carbons (Fsp3) is 0.167. The van der Waals surface area contributed by atoms with Gasteiger partial charge in [0.15, 0.2) is 0 Å². The van der Waals surface area contributed by atoms with Gasteiger partial charge in [-0.15, -0.1) is 0 Å². The third-order valence-electron chi connectivity index (χ3n) is 5.14. The number of hydrogen-bond donors (Lipinski definition) is 2. The first-order valence-corrected chi connectivity index (χ1v) is 9.80. The van der Waals surface area contributed by atoms with E-state index in [1.165, 1.54) is 28.3 Å². The highest BCUT2D eigenvalue weighted by Crippen LogP contribution is 2.44. The number of nitrogens with two attached hydrogens (primary N) is 1. The Hall–Kier alpha value is -3.67. The van der Waals surface area contributed by atoms with Crippen LogP contribution >= 0.6 is 0 Å². The van der Waals surface area contributed by atoms with Crippen LogP contribution in [-0.2, 0) is 4.74 Å². The van der Waals surface area contributed by atoms with Crippen LogP contribution in [0.5, 0.6) is 0 Å². The number of anilines is 1. The predicted octanol–water partition coefficient (Wildman–Crippen LogP) is 4.74. The number of benzene rings is 2. The molecule has 0 bridgehead atoms. The molecule has 0 aliphatic heterocycles. The molecule has 0 saturated heterocycles. The van der Waals surface area contributed by atoms with E-state index in [-0.39, 0.29) is 18.3 Å². The van der Waals surface area contributed by atoms with Crippen LogP contribution in [-0.4, -0.2) is 24.2 Å². The second kappa shape index (κ2) is 8.78. The van der Waals surface area contributed by atoms with Crippen LogP contribution < -0.4 is 11.1 Å². The molecule has 0 unspecified atom stereocenters. The molecule has 1 aromatic heterocycles. The Morgan fingerprint density at radius 3 is 2.50 bits per heavy atom. The highest BCUT2D eigenvalue weighted by molar-refractivity contribution is 5.79. The van der Waals surface area contributed by atoms with Crippen molar-refractivity contribution in [1.82, 2.24) is 10.3 Å². The van der Waals surface area contributed by atoms with Crippen molar-refractivity contribution in [2.75, 3.05) is 18.9 Å². The van der Waals surface area contributed by atoms with Gasteiger partial charge in [-0.2, -0.15) is 0 Å². The molecule has 6 heteroatoms. The summed E-state index contributed by atoms with van der Waals surface area (Å²) in [5.74, 6) is -0.149. The fourth-order valence-corrected chi connectivity index (χ4v) is 3.72. The van der Waals surface area contributed by atoms with Gasteiger partial charge in [0.1, 0.15) is 18.2 Å². The number of rotatable bonds is 6. The SMILES string of the molecule is Nc1ncc(F)cc1C=CCCNC(=O)OCC1c2ccccc2-c2ccccc21. The predicted molar refractivity (Wildman–Crippen MR) is 115 cm³/mol. The summed E-state index contributed by atoms with van der Waals surface area (Å²) in [4.78, 5) is 15.9. The van der Waals surface area contributed by atoms with E-state index in [0.29, 0.717) is 18.5 Å². The van der Waals surface area contributed by atoms with Gasteiger partial charge in [-0.05, 0) is 34.7 Å². The number of carbonyl (C=O) groups is 1. The molecule has 1 aliphatic carbocycles. The molecular weight excluding hydrogens is 381 g/mol. The first-order valence-electron chi connectivity index (χ1n) is 9.80. The van der Waals surface area contributed by atoms with Gasteiger partial charge in [-0.1, -0.05) is 60.7 Å². The van der Waals surface area contributed by atoms with Gasteiger partial charge in [0, 0.05) is 18.0 Å². The van der Waals surface area contributed by atoms with Crippen LogP contribution in [0.3, 0.4) is 0 Å². The summed E-state index contributed by atoms with van der Waals surface area (Å²) in [6.07, 6.45) is 4.66. The minimum atomic E-state index is -0.461. The molecule has 4 rings (SSSR count). The number of carbonyl (C=O) groups excluding carboxylic acids is 1. The maximum Gasteiger partial charge on any atom is 0.407 e. The second-order valence-corrected chi connectivity index (χ2v) is 7.07. The zero-order valence-corrected chi connectivity index (χ0v) is 16.3. The van der Waals surface area contributed by atoms with Crippen LogP contribution in [0.1, 0.15) is 29.0 Å². The maximum atomic E-state index is 13.2. The van der Waals surface area contributed by atoms with E-state index in [2.05, 4.69) is 34.6 Å². The van der Waals surface area contributed by atoms with Gasteiger partial charge < -0.3 is 15.8 Å². The molecule has 1 heterocycles. The number of nitrogens with zero attached hydrogens (tertiary/aromatic N) is 1. The molecule has 30 heavy (non-hydrogen) atoms. The first kappa shape index (κ1) is 19.6. The smallest absolute Gasteiger partial charge is 0.407 e. The van der Waals surface area contributed by atoms with E-state index in [9.17, 15) is 9.18 Å². The third kappa shape index (κ3) is 4.17. The molecular formula is C24H22FN3O2. The molecule has 0 atom stereocenters. The maximum absolute atomic E-state index is 13.2. The normalized spacial score (nSPS) is 12.6. The van der Waals surface area contributed by atoms with Crippen LogP contribution in [0, 0.1) is 5.82 Å². The van der Waals surface area contributed by atoms with Crippen LogP contribution in [0.15, 0.2) is 66.9 Å². The molecule has 0 spiro atoms. The summed E-state index contributed by atoms with van der Waals surface area (Å²) in [6, 6.07) is 17.7. The van der Waals surface area contributed by atoms with Crippen LogP contribution in [0.4, 0.5) is 15.0 Å². The highest BCUT2D eigenvalue weighted by Gasteiger charge is 2.28. The Labute approximate surface area is 174 Å². The lowest BCUT2D eigenvalue weighted by Gasteiger charge is -2.14. The number of ether oxygens (including phenoxy) is 1. The van der Waals surface area contributed by atoms with Gasteiger partial charge in [-0.25, -0.2) is 14.2 Å². The molecule has 2 aromatic carbocycles. The Balaban J connectivity index is 1.28. The molecule has 0 radical (unpaired) electrons. The minimum absolute atomic E-state index is 0.0338. The van der Waals surface area contributed by atoms with Gasteiger partial charge in [0.2, 0.25) is 0 Å². The number of pyridine rings is 1. The number of nitrogen functional groups attached to an aromatic ring is 1. The zero-order valence-electron chi connectivity index (χ0n) is 16.3. The summed E-state index contributed by atoms with van der Waals surface area (Å²) in [6.45, 7) is 0.678. The first-order chi connectivity index (χ1) is 14.6. The number of amides is 1. The van der Waals surface area contributed by atoms with E-state index in [0.717, 1.165) is 6.20 Å². The number of aromatic nitrogens is 1. The Kier molecular flexibility index (Phi) is 5.75. The number of alkyl carbamates (subject to hydrolysis) is 1. The lowest BCUT2D eigenvalue weighted by molar-refractivity contribution is 0.143. The van der Waals surface area contributed by atoms with Crippen molar-refractivity contribution < 1.29 is 13.9 Å². The minimum Gasteiger partial charge on any atom is -0.449 e. The highest BCUT2D eigenvalue weighted by atomic mass is 19.1. The molecule has 3 aromatic rings. The molecule has 0 saturated carbocycles. The molecule has 1 amide bonds. The van der Waals surface area contributed by atoms with Crippen molar-refractivity contribution in [3.8, 4) is 11.1 Å². The summed E-state index contributed by atoms with van der Waals surface area (Å²) >= 11 is 0. The van der Waals surface area contributed by atoms with Crippen LogP contribution in [0.2, 0.25) is 0 Å². The standard InChI is InChI=1S/C24H22FN3O2/c25-17-13-16(23(26)28-14-17)7-5-6-12-27-24(29)30-15-22-20-10-3-1-8-18(20)19-9-2-4-11-21(19)22/h1-5,7-11,13-14,22H,6,12,15H2,(H2,26,28)(H,27,29). The average Bonchev–Trinajstić information content (AvgIpc) is 3.08. The largest absolute Gasteiger partial charge is 0.449 e. The summed E-state index contributed by atoms with van der Waals surface area (Å²) in [7, 11) is 0. The van der Waals surface area contributed by atoms with Crippen molar-refractivity contribution >= 4 is 18.0 Å². The Morgan fingerprint density at radius 1 is 1.13 bits per heavy atom. The number of halogens is 1. The van der Waals surface area contributed by atoms with Gasteiger partial charge in [0.05, 0.1) is 6.20 Å². The second-order valence-electron chi connectivity index (χ2n) is 7.07. The Bertz CT molecular complexity index is 1050. The van der Waals surface area contributed by atoms with E-state index in [1.54, 1.807) is 12.2 Å². The third-order valence-corrected chi connectivity index (χ3v) is 5.14. The van der Waals surface area contributed by atoms with Gasteiger partial charge in [-0.3, -0.25) is 0 Å². The van der Waals surface area contributed by atoms with E-state index >= 15 is 0 Å². The van der Waals surface area contributed by atoms with Gasteiger partial charge >= 0.3 is 6.09 Å². The number of hydrogen-bond acceptors (Lipinski definition) is 4. The molecule has 0 fully saturated rings. The van der Waals surface area contributed by atoms with E-state index in [4.69, 9.17) is 10.5 Å². The molecule has 152 valence electrons. The van der Waals surface area contributed by atoms with Crippen LogP contribution in [0.25, 0.3) is 17.2 Å². The number of nitrogens with one attached hydrogen (secondary N) is 1. The Morgan fingerprint density at radius 2 is 1.80 bits per heavy atom. The topological polar surface area (TPSA) is 77.2 Å². The fourth-order valence-electron chi connectivity index (χ4n) is 3.72. The van der Waals surface area contributed by atoms with Crippen molar-refractivity contribution in [1.29, 1.82) is 0 Å². The van der Waals surface area contributed by atoms with Gasteiger partial charge in [0.25, 0.3) is 0 Å². The molecule has 5 nitrogen and oxygen atoms in total. The van der Waals surface area contributed by atoms with Crippen molar-refractivity contribution in [2.45, 2.75) is 12.3 Å². The molecule has 3 N–H and O–H groups in total. The summed E-state index contributed by atoms with van der Waals surface area (Å²) in [5.41, 5.74) is 11.0.